The summed E-state index contributed by atoms with van der Waals surface area (Å²) in [6, 6.07) is 18.4. The molecule has 0 spiro atoms. The van der Waals surface area contributed by atoms with Gasteiger partial charge in [-0.2, -0.15) is 0 Å². The molecular weight excluding hydrogens is 342 g/mol. The molecule has 136 valence electrons. The van der Waals surface area contributed by atoms with E-state index < -0.39 is 0 Å². The molecule has 1 saturated heterocycles. The molecule has 0 amide bonds. The Labute approximate surface area is 160 Å². The predicted octanol–water partition coefficient (Wildman–Crippen LogP) is 3.84. The molecule has 0 saturated carbocycles. The van der Waals surface area contributed by atoms with Gasteiger partial charge in [0.05, 0.1) is 0 Å². The summed E-state index contributed by atoms with van der Waals surface area (Å²) in [5, 5.41) is 7.26. The van der Waals surface area contributed by atoms with Gasteiger partial charge in [-0.3, -0.25) is 9.69 Å². The maximum atomic E-state index is 11.3. The Morgan fingerprint density at radius 1 is 1.08 bits per heavy atom. The highest BCUT2D eigenvalue weighted by Crippen LogP contribution is 2.15. The third kappa shape index (κ3) is 5.38. The summed E-state index contributed by atoms with van der Waals surface area (Å²) < 4.78 is 0. The number of piperidine rings is 1. The average molecular weight is 368 g/mol. The second-order valence-corrected chi connectivity index (χ2v) is 7.18. The van der Waals surface area contributed by atoms with Crippen molar-refractivity contribution in [1.29, 1.82) is 0 Å². The fraction of sp³-hybridized carbons (Fsp3) is 0.333. The Morgan fingerprint density at radius 2 is 1.73 bits per heavy atom. The van der Waals surface area contributed by atoms with E-state index in [9.17, 15) is 4.79 Å². The van der Waals surface area contributed by atoms with E-state index in [0.29, 0.717) is 16.7 Å². The number of nitrogens with one attached hydrogen (secondary N) is 2. The van der Waals surface area contributed by atoms with Crippen LogP contribution in [0.5, 0.6) is 0 Å². The molecule has 0 bridgehead atoms. The van der Waals surface area contributed by atoms with Crippen molar-refractivity contribution in [2.75, 3.05) is 18.4 Å². The fourth-order valence-electron chi connectivity index (χ4n) is 3.22. The van der Waals surface area contributed by atoms with Crippen LogP contribution in [0.25, 0.3) is 0 Å². The van der Waals surface area contributed by atoms with Crippen molar-refractivity contribution < 1.29 is 4.79 Å². The highest BCUT2D eigenvalue weighted by molar-refractivity contribution is 7.80. The first-order chi connectivity index (χ1) is 12.6. The number of thiocarbonyl (C=S) groups is 1. The zero-order valence-corrected chi connectivity index (χ0v) is 15.9. The molecule has 1 aliphatic heterocycles. The van der Waals surface area contributed by atoms with E-state index in [2.05, 4.69) is 45.9 Å². The minimum Gasteiger partial charge on any atom is -0.360 e. The van der Waals surface area contributed by atoms with Crippen LogP contribution in [0.1, 0.15) is 35.7 Å². The molecule has 26 heavy (non-hydrogen) atoms. The van der Waals surface area contributed by atoms with E-state index in [1.807, 2.05) is 24.3 Å². The summed E-state index contributed by atoms with van der Waals surface area (Å²) in [4.78, 5) is 13.8. The summed E-state index contributed by atoms with van der Waals surface area (Å²) in [6.07, 6.45) is 2.16. The summed E-state index contributed by atoms with van der Waals surface area (Å²) in [5.41, 5.74) is 2.97. The van der Waals surface area contributed by atoms with Crippen molar-refractivity contribution in [2.45, 2.75) is 32.4 Å². The van der Waals surface area contributed by atoms with Crippen molar-refractivity contribution >= 4 is 28.8 Å². The van der Waals surface area contributed by atoms with Gasteiger partial charge in [0.15, 0.2) is 10.9 Å². The van der Waals surface area contributed by atoms with E-state index in [1.54, 1.807) is 6.92 Å². The maximum absolute atomic E-state index is 11.3. The third-order valence-corrected chi connectivity index (χ3v) is 4.94. The number of likely N-dealkylation sites (tertiary alicyclic amines) is 1. The fourth-order valence-corrected chi connectivity index (χ4v) is 3.50. The Balaban J connectivity index is 1.42. The predicted molar refractivity (Wildman–Crippen MR) is 111 cm³/mol. The van der Waals surface area contributed by atoms with Crippen LogP contribution in [-0.4, -0.2) is 34.9 Å². The van der Waals surface area contributed by atoms with E-state index in [0.717, 1.165) is 38.2 Å². The van der Waals surface area contributed by atoms with Crippen LogP contribution in [0.15, 0.2) is 54.6 Å². The lowest BCUT2D eigenvalue weighted by Crippen LogP contribution is -2.45. The van der Waals surface area contributed by atoms with Gasteiger partial charge in [-0.1, -0.05) is 30.3 Å². The van der Waals surface area contributed by atoms with Crippen molar-refractivity contribution in [3.63, 3.8) is 0 Å². The molecular formula is C21H25N3OS. The van der Waals surface area contributed by atoms with E-state index >= 15 is 0 Å². The van der Waals surface area contributed by atoms with Crippen LogP contribution in [0, 0.1) is 0 Å². The maximum Gasteiger partial charge on any atom is 0.170 e. The number of rotatable bonds is 5. The molecule has 2 N–H and O–H groups in total. The van der Waals surface area contributed by atoms with Crippen molar-refractivity contribution in [2.24, 2.45) is 0 Å². The monoisotopic (exact) mass is 367 g/mol. The van der Waals surface area contributed by atoms with Crippen LogP contribution in [0.4, 0.5) is 5.69 Å². The molecule has 0 atom stereocenters. The SMILES string of the molecule is CC(=O)c1ccc(NC(=S)NC2CCN(Cc3ccccc3)CC2)cc1. The minimum absolute atomic E-state index is 0.0690. The van der Waals surface area contributed by atoms with Gasteiger partial charge in [-0.05, 0) is 61.8 Å². The number of anilines is 1. The van der Waals surface area contributed by atoms with Crippen LogP contribution < -0.4 is 10.6 Å². The van der Waals surface area contributed by atoms with E-state index in [-0.39, 0.29) is 5.78 Å². The number of hydrogen-bond acceptors (Lipinski definition) is 3. The second-order valence-electron chi connectivity index (χ2n) is 6.77. The van der Waals surface area contributed by atoms with Crippen LogP contribution in [0.3, 0.4) is 0 Å². The molecule has 1 fully saturated rings. The zero-order valence-electron chi connectivity index (χ0n) is 15.1. The standard InChI is InChI=1S/C21H25N3OS/c1-16(25)18-7-9-19(10-8-18)22-21(26)23-20-11-13-24(14-12-20)15-17-5-3-2-4-6-17/h2-10,20H,11-15H2,1H3,(H2,22,23,26). The molecule has 0 radical (unpaired) electrons. The number of carbonyl (C=O) groups is 1. The minimum atomic E-state index is 0.0690. The van der Waals surface area contributed by atoms with Gasteiger partial charge in [0.25, 0.3) is 0 Å². The Kier molecular flexibility index (Phi) is 6.36. The molecule has 3 rings (SSSR count). The molecule has 5 heteroatoms. The largest absolute Gasteiger partial charge is 0.360 e. The number of carbonyl (C=O) groups excluding carboxylic acids is 1. The lowest BCUT2D eigenvalue weighted by atomic mass is 10.0. The number of hydrogen-bond donors (Lipinski definition) is 2. The molecule has 0 aromatic heterocycles. The van der Waals surface area contributed by atoms with Crippen molar-refractivity contribution in [3.05, 3.63) is 65.7 Å². The lowest BCUT2D eigenvalue weighted by molar-refractivity contribution is 0.101. The smallest absolute Gasteiger partial charge is 0.170 e. The molecule has 1 heterocycles. The van der Waals surface area contributed by atoms with Crippen LogP contribution in [0.2, 0.25) is 0 Å². The number of ketones is 1. The zero-order chi connectivity index (χ0) is 18.4. The molecule has 0 unspecified atom stereocenters. The number of nitrogens with zero attached hydrogens (tertiary/aromatic N) is 1. The Bertz CT molecular complexity index is 738. The van der Waals surface area contributed by atoms with Crippen molar-refractivity contribution in [3.8, 4) is 0 Å². The Morgan fingerprint density at radius 3 is 2.35 bits per heavy atom. The quantitative estimate of drug-likeness (QED) is 0.621. The lowest BCUT2D eigenvalue weighted by Gasteiger charge is -2.33. The van der Waals surface area contributed by atoms with Gasteiger partial charge >= 0.3 is 0 Å². The molecule has 2 aromatic carbocycles. The van der Waals surface area contributed by atoms with Gasteiger partial charge < -0.3 is 10.6 Å². The van der Waals surface area contributed by atoms with Gasteiger partial charge in [-0.15, -0.1) is 0 Å². The van der Waals surface area contributed by atoms with Crippen molar-refractivity contribution in [1.82, 2.24) is 10.2 Å². The summed E-state index contributed by atoms with van der Waals surface area (Å²) in [6.45, 7) is 4.72. The first-order valence-electron chi connectivity index (χ1n) is 9.05. The molecule has 0 aliphatic carbocycles. The van der Waals surface area contributed by atoms with Crippen LogP contribution in [-0.2, 0) is 6.54 Å². The topological polar surface area (TPSA) is 44.4 Å². The molecule has 1 aliphatic rings. The van der Waals surface area contributed by atoms with Gasteiger partial charge in [0.2, 0.25) is 0 Å². The van der Waals surface area contributed by atoms with Gasteiger partial charge in [0, 0.05) is 36.9 Å². The third-order valence-electron chi connectivity index (χ3n) is 4.72. The second kappa shape index (κ2) is 8.92. The van der Waals surface area contributed by atoms with Gasteiger partial charge in [-0.25, -0.2) is 0 Å². The van der Waals surface area contributed by atoms with Gasteiger partial charge in [0.1, 0.15) is 0 Å². The summed E-state index contributed by atoms with van der Waals surface area (Å²) in [5.74, 6) is 0.0690. The van der Waals surface area contributed by atoms with E-state index in [1.165, 1.54) is 5.56 Å². The van der Waals surface area contributed by atoms with E-state index in [4.69, 9.17) is 12.2 Å². The average Bonchev–Trinajstić information content (AvgIpc) is 2.64. The Hall–Kier alpha value is -2.24. The molecule has 2 aromatic rings. The summed E-state index contributed by atoms with van der Waals surface area (Å²) in [7, 11) is 0. The number of benzene rings is 2. The highest BCUT2D eigenvalue weighted by Gasteiger charge is 2.19. The normalized spacial score (nSPS) is 15.4. The highest BCUT2D eigenvalue weighted by atomic mass is 32.1. The number of Topliss-reactive ketones (excluding diaryl/α,β-unsaturated/α-hetero) is 1. The van der Waals surface area contributed by atoms with Crippen LogP contribution >= 0.6 is 12.2 Å². The summed E-state index contributed by atoms with van der Waals surface area (Å²) >= 11 is 5.43. The molecule has 4 nitrogen and oxygen atoms in total. The first-order valence-corrected chi connectivity index (χ1v) is 9.46. The first kappa shape index (κ1) is 18.5.